The highest BCUT2D eigenvalue weighted by atomic mass is 35.5. The molecule has 0 aliphatic heterocycles. The lowest BCUT2D eigenvalue weighted by molar-refractivity contribution is 0.513. The van der Waals surface area contributed by atoms with Crippen molar-refractivity contribution in [2.75, 3.05) is 0 Å². The summed E-state index contributed by atoms with van der Waals surface area (Å²) in [4.78, 5) is 9.32. The average Bonchev–Trinajstić information content (AvgIpc) is 2.49. The minimum absolute atomic E-state index is 0.537. The van der Waals surface area contributed by atoms with Gasteiger partial charge < -0.3 is 0 Å². The van der Waals surface area contributed by atoms with E-state index in [4.69, 9.17) is 11.6 Å². The van der Waals surface area contributed by atoms with Gasteiger partial charge in [-0.3, -0.25) is 0 Å². The van der Waals surface area contributed by atoms with E-state index < -0.39 is 8.03 Å². The average molecular weight is 344 g/mol. The van der Waals surface area contributed by atoms with Gasteiger partial charge in [-0.1, -0.05) is 76.3 Å². The lowest BCUT2D eigenvalue weighted by Gasteiger charge is -2.03. The molecule has 0 saturated heterocycles. The molecule has 0 aromatic heterocycles. The largest absolute Gasteiger partial charge is 0.546 e. The van der Waals surface area contributed by atoms with Crippen LogP contribution in [0.25, 0.3) is 0 Å². The van der Waals surface area contributed by atoms with Crippen molar-refractivity contribution in [3.63, 3.8) is 0 Å². The van der Waals surface area contributed by atoms with Crippen LogP contribution in [-0.4, -0.2) is 4.89 Å². The highest BCUT2D eigenvalue weighted by molar-refractivity contribution is 7.47. The van der Waals surface area contributed by atoms with E-state index in [1.807, 2.05) is 6.07 Å². The highest BCUT2D eigenvalue weighted by Crippen LogP contribution is 2.21. The topological polar surface area (TPSA) is 37.3 Å². The fourth-order valence-electron chi connectivity index (χ4n) is 2.74. The quantitative estimate of drug-likeness (QED) is 0.364. The van der Waals surface area contributed by atoms with Crippen LogP contribution in [0.15, 0.2) is 18.2 Å². The summed E-state index contributed by atoms with van der Waals surface area (Å²) < 4.78 is 11.3. The van der Waals surface area contributed by atoms with Crippen LogP contribution in [0.5, 0.6) is 0 Å². The van der Waals surface area contributed by atoms with Crippen molar-refractivity contribution in [2.45, 2.75) is 77.6 Å². The molecule has 0 saturated carbocycles. The Morgan fingerprint density at radius 2 is 1.50 bits per heavy atom. The third kappa shape index (κ3) is 8.27. The first-order valence-corrected chi connectivity index (χ1v) is 10.2. The molecule has 0 spiro atoms. The van der Waals surface area contributed by atoms with Gasteiger partial charge in [0.2, 0.25) is 5.30 Å². The van der Waals surface area contributed by atoms with Crippen LogP contribution in [0.2, 0.25) is 5.02 Å². The third-order valence-corrected chi connectivity index (χ3v) is 5.13. The van der Waals surface area contributed by atoms with Gasteiger partial charge in [0.25, 0.3) is 0 Å². The summed E-state index contributed by atoms with van der Waals surface area (Å²) in [5.74, 6) is 0. The Balaban J connectivity index is 2.15. The lowest BCUT2D eigenvalue weighted by atomic mass is 10.0. The second kappa shape index (κ2) is 12.0. The van der Waals surface area contributed by atoms with Crippen LogP contribution < -0.4 is 5.30 Å². The summed E-state index contributed by atoms with van der Waals surface area (Å²) in [5, 5.41) is 1.18. The van der Waals surface area contributed by atoms with E-state index >= 15 is 0 Å². The second-order valence-electron chi connectivity index (χ2n) is 5.98. The molecule has 1 aromatic carbocycles. The summed E-state index contributed by atoms with van der Waals surface area (Å²) in [6.07, 6.45) is 13.8. The van der Waals surface area contributed by atoms with Gasteiger partial charge in [-0.15, -0.1) is 0 Å². The Morgan fingerprint density at radius 1 is 0.955 bits per heavy atom. The van der Waals surface area contributed by atoms with Gasteiger partial charge in [-0.05, 0) is 35.6 Å². The molecule has 0 amide bonds. The van der Waals surface area contributed by atoms with Crippen molar-refractivity contribution in [2.24, 2.45) is 0 Å². The Labute approximate surface area is 141 Å². The fraction of sp³-hybridized carbons (Fsp3) is 0.667. The Bertz CT molecular complexity index is 449. The highest BCUT2D eigenvalue weighted by Gasteiger charge is 2.21. The number of aryl methyl sites for hydroxylation is 1. The minimum Gasteiger partial charge on any atom is -0.156 e. The number of benzene rings is 1. The minimum atomic E-state index is -2.28. The lowest BCUT2D eigenvalue weighted by Crippen LogP contribution is -2.05. The van der Waals surface area contributed by atoms with Crippen molar-refractivity contribution in [3.05, 3.63) is 28.8 Å². The molecule has 0 fully saturated rings. The van der Waals surface area contributed by atoms with Gasteiger partial charge in [0.1, 0.15) is 0 Å². The molecule has 1 N–H and O–H groups in total. The monoisotopic (exact) mass is 343 g/mol. The van der Waals surface area contributed by atoms with Gasteiger partial charge in [-0.25, -0.2) is 0 Å². The van der Waals surface area contributed by atoms with Crippen LogP contribution in [0.1, 0.15) is 76.7 Å². The molecule has 124 valence electrons. The van der Waals surface area contributed by atoms with Crippen LogP contribution in [0, 0.1) is 0 Å². The van der Waals surface area contributed by atoms with E-state index in [0.29, 0.717) is 10.3 Å². The zero-order valence-corrected chi connectivity index (χ0v) is 15.3. The fourth-order valence-corrected chi connectivity index (χ4v) is 3.56. The van der Waals surface area contributed by atoms with Crippen LogP contribution in [-0.2, 0) is 11.0 Å². The third-order valence-electron chi connectivity index (χ3n) is 4.05. The maximum absolute atomic E-state index is 11.3. The van der Waals surface area contributed by atoms with E-state index in [-0.39, 0.29) is 0 Å². The van der Waals surface area contributed by atoms with Crippen molar-refractivity contribution in [1.82, 2.24) is 0 Å². The Kier molecular flexibility index (Phi) is 10.7. The van der Waals surface area contributed by atoms with E-state index in [9.17, 15) is 9.46 Å². The molecule has 0 aliphatic carbocycles. The molecule has 1 aromatic rings. The zero-order valence-electron chi connectivity index (χ0n) is 13.7. The van der Waals surface area contributed by atoms with E-state index in [2.05, 4.69) is 6.92 Å². The van der Waals surface area contributed by atoms with E-state index in [1.54, 1.807) is 12.1 Å². The normalized spacial score (nSPS) is 11.7. The summed E-state index contributed by atoms with van der Waals surface area (Å²) in [6.45, 7) is 2.25. The first-order valence-electron chi connectivity index (χ1n) is 8.59. The Morgan fingerprint density at radius 3 is 2.05 bits per heavy atom. The molecule has 0 aliphatic rings. The summed E-state index contributed by atoms with van der Waals surface area (Å²) in [5.41, 5.74) is 0.927. The molecule has 22 heavy (non-hydrogen) atoms. The Hall–Kier alpha value is -0.430. The van der Waals surface area contributed by atoms with Gasteiger partial charge in [0.05, 0.1) is 0 Å². The van der Waals surface area contributed by atoms with Gasteiger partial charge in [0.15, 0.2) is 0 Å². The first-order chi connectivity index (χ1) is 10.6. The zero-order chi connectivity index (χ0) is 16.2. The standard InChI is InChI=1S/C18H28ClO2P/c1-2-3-4-5-6-7-8-9-10-11-12-16-15-17(19)13-14-18(16)22(20)21/h13-15H,2-12H2,1H3/p+1. The summed E-state index contributed by atoms with van der Waals surface area (Å²) in [6, 6.07) is 5.18. The number of hydrogen-bond donors (Lipinski definition) is 1. The maximum atomic E-state index is 11.3. The molecule has 1 unspecified atom stereocenters. The van der Waals surface area contributed by atoms with E-state index in [1.165, 1.54) is 57.8 Å². The van der Waals surface area contributed by atoms with Crippen LogP contribution in [0.4, 0.5) is 0 Å². The number of hydrogen-bond acceptors (Lipinski definition) is 1. The smallest absolute Gasteiger partial charge is 0.156 e. The molecule has 1 atom stereocenters. The van der Waals surface area contributed by atoms with Gasteiger partial charge in [0, 0.05) is 10.6 Å². The molecule has 2 nitrogen and oxygen atoms in total. The van der Waals surface area contributed by atoms with Gasteiger partial charge >= 0.3 is 8.03 Å². The molecule has 4 heteroatoms. The van der Waals surface area contributed by atoms with Gasteiger partial charge in [-0.2, -0.15) is 4.89 Å². The predicted molar refractivity (Wildman–Crippen MR) is 96.5 cm³/mol. The van der Waals surface area contributed by atoms with Crippen molar-refractivity contribution >= 4 is 24.9 Å². The van der Waals surface area contributed by atoms with Crippen molar-refractivity contribution in [3.8, 4) is 0 Å². The van der Waals surface area contributed by atoms with E-state index in [0.717, 1.165) is 18.4 Å². The molecule has 0 bridgehead atoms. The first kappa shape index (κ1) is 19.6. The molecule has 0 radical (unpaired) electrons. The van der Waals surface area contributed by atoms with Crippen molar-refractivity contribution < 1.29 is 9.46 Å². The predicted octanol–water partition coefficient (Wildman–Crippen LogP) is 6.16. The van der Waals surface area contributed by atoms with Crippen molar-refractivity contribution in [1.29, 1.82) is 0 Å². The SMILES string of the molecule is CCCCCCCCCCCCc1cc(Cl)ccc1[P+](=O)O. The number of halogens is 1. The molecule has 1 rings (SSSR count). The summed E-state index contributed by atoms with van der Waals surface area (Å²) in [7, 11) is -2.28. The second-order valence-corrected chi connectivity index (χ2v) is 7.44. The summed E-state index contributed by atoms with van der Waals surface area (Å²) >= 11 is 5.98. The molecular weight excluding hydrogens is 315 g/mol. The number of unbranched alkanes of at least 4 members (excludes halogenated alkanes) is 9. The number of rotatable bonds is 12. The molecular formula is C18H29ClO2P+. The van der Waals surface area contributed by atoms with Crippen LogP contribution >= 0.6 is 19.6 Å². The molecule has 0 heterocycles. The maximum Gasteiger partial charge on any atom is 0.546 e. The van der Waals surface area contributed by atoms with Crippen LogP contribution in [0.3, 0.4) is 0 Å².